The average molecular weight is 232 g/mol. The van der Waals surface area contributed by atoms with Crippen LogP contribution in [0, 0.1) is 0 Å². The molecule has 0 aliphatic rings. The standard InChI is InChI=1S/C8H12N2O4S/c1-6(14-15(9,12)13)8(11)7-4-2-3-5-10-7/h2-6,8,11H,1H3,(H2,9,12,13). The molecule has 0 saturated carbocycles. The van der Waals surface area contributed by atoms with E-state index in [1.807, 2.05) is 0 Å². The number of hydrogen-bond acceptors (Lipinski definition) is 5. The van der Waals surface area contributed by atoms with Gasteiger partial charge in [-0.15, -0.1) is 0 Å². The number of aromatic nitrogens is 1. The molecule has 6 nitrogen and oxygen atoms in total. The topological polar surface area (TPSA) is 103 Å². The van der Waals surface area contributed by atoms with E-state index in [-0.39, 0.29) is 0 Å². The zero-order chi connectivity index (χ0) is 11.5. The highest BCUT2D eigenvalue weighted by Crippen LogP contribution is 2.16. The first-order valence-electron chi connectivity index (χ1n) is 4.20. The van der Waals surface area contributed by atoms with Crippen LogP contribution in [0.3, 0.4) is 0 Å². The van der Waals surface area contributed by atoms with E-state index in [1.54, 1.807) is 18.2 Å². The molecule has 7 heteroatoms. The minimum Gasteiger partial charge on any atom is -0.384 e. The molecule has 3 N–H and O–H groups in total. The van der Waals surface area contributed by atoms with E-state index in [4.69, 9.17) is 0 Å². The molecule has 84 valence electrons. The highest BCUT2D eigenvalue weighted by atomic mass is 32.2. The first-order chi connectivity index (χ1) is 6.90. The third kappa shape index (κ3) is 3.92. The minimum atomic E-state index is -4.06. The first kappa shape index (κ1) is 12.1. The van der Waals surface area contributed by atoms with E-state index in [0.29, 0.717) is 5.69 Å². The smallest absolute Gasteiger partial charge is 0.333 e. The maximum atomic E-state index is 10.6. The zero-order valence-corrected chi connectivity index (χ0v) is 8.89. The summed E-state index contributed by atoms with van der Waals surface area (Å²) in [5, 5.41) is 14.3. The zero-order valence-electron chi connectivity index (χ0n) is 8.07. The van der Waals surface area contributed by atoms with Crippen LogP contribution < -0.4 is 5.14 Å². The van der Waals surface area contributed by atoms with Gasteiger partial charge >= 0.3 is 10.3 Å². The Balaban J connectivity index is 2.73. The van der Waals surface area contributed by atoms with Crippen molar-refractivity contribution in [1.82, 2.24) is 4.98 Å². The largest absolute Gasteiger partial charge is 0.384 e. The molecule has 15 heavy (non-hydrogen) atoms. The summed E-state index contributed by atoms with van der Waals surface area (Å²) in [5.41, 5.74) is 0.327. The molecule has 0 radical (unpaired) electrons. The van der Waals surface area contributed by atoms with Crippen LogP contribution in [0.5, 0.6) is 0 Å². The van der Waals surface area contributed by atoms with Crippen molar-refractivity contribution in [1.29, 1.82) is 0 Å². The molecule has 1 aromatic heterocycles. The molecule has 0 fully saturated rings. The Morgan fingerprint density at radius 2 is 2.20 bits per heavy atom. The molecule has 0 aliphatic carbocycles. The van der Waals surface area contributed by atoms with Gasteiger partial charge in [-0.1, -0.05) is 6.07 Å². The van der Waals surface area contributed by atoms with Gasteiger partial charge in [-0.2, -0.15) is 8.42 Å². The number of rotatable bonds is 4. The molecule has 0 aromatic carbocycles. The quantitative estimate of drug-likeness (QED) is 0.743. The van der Waals surface area contributed by atoms with Crippen molar-refractivity contribution in [2.75, 3.05) is 0 Å². The molecular formula is C8H12N2O4S. The molecule has 1 heterocycles. The lowest BCUT2D eigenvalue weighted by Gasteiger charge is -2.16. The predicted molar refractivity (Wildman–Crippen MR) is 52.9 cm³/mol. The van der Waals surface area contributed by atoms with Crippen molar-refractivity contribution in [2.45, 2.75) is 19.1 Å². The fraction of sp³-hybridized carbons (Fsp3) is 0.375. The van der Waals surface area contributed by atoms with Crippen molar-refractivity contribution < 1.29 is 17.7 Å². The predicted octanol–water partition coefficient (Wildman–Crippen LogP) is -0.276. The van der Waals surface area contributed by atoms with Gasteiger partial charge in [0, 0.05) is 6.20 Å². The van der Waals surface area contributed by atoms with Crippen LogP contribution in [0.2, 0.25) is 0 Å². The highest BCUT2D eigenvalue weighted by molar-refractivity contribution is 7.84. The molecule has 0 aliphatic heterocycles. The van der Waals surface area contributed by atoms with Crippen molar-refractivity contribution in [3.05, 3.63) is 30.1 Å². The monoisotopic (exact) mass is 232 g/mol. The van der Waals surface area contributed by atoms with Crippen LogP contribution in [0.25, 0.3) is 0 Å². The lowest BCUT2D eigenvalue weighted by Crippen LogP contribution is -2.27. The maximum absolute atomic E-state index is 10.6. The normalized spacial score (nSPS) is 15.9. The third-order valence-corrected chi connectivity index (χ3v) is 2.29. The summed E-state index contributed by atoms with van der Waals surface area (Å²) in [6.07, 6.45) is -0.623. The summed E-state index contributed by atoms with van der Waals surface area (Å²) < 4.78 is 25.6. The minimum absolute atomic E-state index is 0.327. The van der Waals surface area contributed by atoms with E-state index in [0.717, 1.165) is 0 Å². The van der Waals surface area contributed by atoms with E-state index in [9.17, 15) is 13.5 Å². The second-order valence-electron chi connectivity index (χ2n) is 2.99. The van der Waals surface area contributed by atoms with Crippen molar-refractivity contribution >= 4 is 10.3 Å². The number of nitrogens with two attached hydrogens (primary N) is 1. The van der Waals surface area contributed by atoms with Gasteiger partial charge in [0.15, 0.2) is 0 Å². The number of aliphatic hydroxyl groups is 1. The Labute approximate surface area is 88.0 Å². The van der Waals surface area contributed by atoms with E-state index >= 15 is 0 Å². The summed E-state index contributed by atoms with van der Waals surface area (Å²) in [6.45, 7) is 1.39. The fourth-order valence-electron chi connectivity index (χ4n) is 1.06. The summed E-state index contributed by atoms with van der Waals surface area (Å²) in [5.74, 6) is 0. The lowest BCUT2D eigenvalue weighted by atomic mass is 10.1. The SMILES string of the molecule is CC(OS(N)(=O)=O)C(O)c1ccccn1. The second-order valence-corrected chi connectivity index (χ2v) is 4.17. The van der Waals surface area contributed by atoms with E-state index < -0.39 is 22.5 Å². The van der Waals surface area contributed by atoms with Crippen LogP contribution >= 0.6 is 0 Å². The van der Waals surface area contributed by atoms with Crippen molar-refractivity contribution in [3.8, 4) is 0 Å². The van der Waals surface area contributed by atoms with Crippen molar-refractivity contribution in [2.24, 2.45) is 5.14 Å². The van der Waals surface area contributed by atoms with Crippen molar-refractivity contribution in [3.63, 3.8) is 0 Å². The van der Waals surface area contributed by atoms with E-state index in [1.165, 1.54) is 13.1 Å². The van der Waals surface area contributed by atoms with Gasteiger partial charge in [0.05, 0.1) is 5.69 Å². The van der Waals surface area contributed by atoms with Crippen LogP contribution in [-0.4, -0.2) is 24.6 Å². The molecular weight excluding hydrogens is 220 g/mol. The number of nitrogens with zero attached hydrogens (tertiary/aromatic N) is 1. The molecule has 0 bridgehead atoms. The molecule has 0 saturated heterocycles. The van der Waals surface area contributed by atoms with Gasteiger partial charge < -0.3 is 5.11 Å². The summed E-state index contributed by atoms with van der Waals surface area (Å²) in [4.78, 5) is 3.86. The van der Waals surface area contributed by atoms with Gasteiger partial charge in [0.1, 0.15) is 12.2 Å². The van der Waals surface area contributed by atoms with Gasteiger partial charge in [-0.25, -0.2) is 5.14 Å². The number of pyridine rings is 1. The fourth-order valence-corrected chi connectivity index (χ4v) is 1.58. The Morgan fingerprint density at radius 3 is 2.67 bits per heavy atom. The van der Waals surface area contributed by atoms with Gasteiger partial charge in [0.25, 0.3) is 0 Å². The summed E-state index contributed by atoms with van der Waals surface area (Å²) in [7, 11) is -4.06. The molecule has 0 amide bonds. The second kappa shape index (κ2) is 4.67. The van der Waals surface area contributed by atoms with Crippen LogP contribution in [-0.2, 0) is 14.5 Å². The van der Waals surface area contributed by atoms with Gasteiger partial charge in [-0.3, -0.25) is 9.17 Å². The molecule has 2 atom stereocenters. The van der Waals surface area contributed by atoms with Crippen LogP contribution in [0.1, 0.15) is 18.7 Å². The van der Waals surface area contributed by atoms with Crippen LogP contribution in [0.15, 0.2) is 24.4 Å². The van der Waals surface area contributed by atoms with Gasteiger partial charge in [0.2, 0.25) is 0 Å². The van der Waals surface area contributed by atoms with Gasteiger partial charge in [-0.05, 0) is 19.1 Å². The first-order valence-corrected chi connectivity index (χ1v) is 5.67. The highest BCUT2D eigenvalue weighted by Gasteiger charge is 2.22. The molecule has 1 rings (SSSR count). The lowest BCUT2D eigenvalue weighted by molar-refractivity contribution is 0.0479. The third-order valence-electron chi connectivity index (χ3n) is 1.72. The Kier molecular flexibility index (Phi) is 3.75. The average Bonchev–Trinajstić information content (AvgIpc) is 2.15. The summed E-state index contributed by atoms with van der Waals surface area (Å²) >= 11 is 0. The number of hydrogen-bond donors (Lipinski definition) is 2. The number of aliphatic hydroxyl groups excluding tert-OH is 1. The Bertz CT molecular complexity index is 406. The molecule has 2 unspecified atom stereocenters. The Hall–Kier alpha value is -1.02. The van der Waals surface area contributed by atoms with E-state index in [2.05, 4.69) is 14.3 Å². The maximum Gasteiger partial charge on any atom is 0.333 e. The Morgan fingerprint density at radius 1 is 1.53 bits per heavy atom. The van der Waals surface area contributed by atoms with Crippen LogP contribution in [0.4, 0.5) is 0 Å². The molecule has 0 spiro atoms. The summed E-state index contributed by atoms with van der Waals surface area (Å²) in [6, 6.07) is 4.92. The molecule has 1 aromatic rings.